The lowest BCUT2D eigenvalue weighted by molar-refractivity contribution is 0.124. The molecule has 0 aliphatic rings. The molecule has 0 bridgehead atoms. The molecule has 2 nitrogen and oxygen atoms in total. The monoisotopic (exact) mass is 206 g/mol. The van der Waals surface area contributed by atoms with Crippen molar-refractivity contribution in [3.63, 3.8) is 0 Å². The van der Waals surface area contributed by atoms with Crippen LogP contribution in [0.25, 0.3) is 0 Å². The summed E-state index contributed by atoms with van der Waals surface area (Å²) in [6, 6.07) is 10.2. The lowest BCUT2D eigenvalue weighted by atomic mass is 10.2. The van der Waals surface area contributed by atoms with E-state index in [9.17, 15) is 0 Å². The minimum absolute atomic E-state index is 0.684. The average molecular weight is 206 g/mol. The summed E-state index contributed by atoms with van der Waals surface area (Å²) in [4.78, 5) is 0. The van der Waals surface area contributed by atoms with Crippen LogP contribution >= 0.6 is 0 Å². The summed E-state index contributed by atoms with van der Waals surface area (Å²) >= 11 is 0. The van der Waals surface area contributed by atoms with Crippen molar-refractivity contribution < 1.29 is 9.47 Å². The molecule has 1 aromatic rings. The molecule has 0 fully saturated rings. The molecule has 1 rings (SSSR count). The fraction of sp³-hybridized carbons (Fsp3) is 0.385. The van der Waals surface area contributed by atoms with Crippen LogP contribution in [-0.4, -0.2) is 13.2 Å². The highest BCUT2D eigenvalue weighted by Crippen LogP contribution is 2.00. The maximum atomic E-state index is 5.49. The van der Waals surface area contributed by atoms with E-state index in [2.05, 4.69) is 12.1 Å². The number of ether oxygens (including phenoxy) is 2. The summed E-state index contributed by atoms with van der Waals surface area (Å²) in [7, 11) is 0. The highest BCUT2D eigenvalue weighted by Gasteiger charge is 1.89. The zero-order valence-electron chi connectivity index (χ0n) is 9.19. The fourth-order valence-electron chi connectivity index (χ4n) is 1.15. The van der Waals surface area contributed by atoms with Crippen molar-refractivity contribution in [2.75, 3.05) is 13.2 Å². The predicted molar refractivity (Wildman–Crippen MR) is 61.5 cm³/mol. The fourth-order valence-corrected chi connectivity index (χ4v) is 1.15. The summed E-state index contributed by atoms with van der Waals surface area (Å²) in [5, 5.41) is 0. The first kappa shape index (κ1) is 11.8. The van der Waals surface area contributed by atoms with E-state index in [4.69, 9.17) is 9.47 Å². The number of hydrogen-bond donors (Lipinski definition) is 0. The van der Waals surface area contributed by atoms with Crippen molar-refractivity contribution in [1.29, 1.82) is 0 Å². The Bertz CT molecular complexity index is 267. The predicted octanol–water partition coefficient (Wildman–Crippen LogP) is 3.14. The maximum absolute atomic E-state index is 5.49. The molecule has 1 aromatic carbocycles. The van der Waals surface area contributed by atoms with E-state index < -0.39 is 0 Å². The van der Waals surface area contributed by atoms with E-state index in [1.165, 1.54) is 5.56 Å². The van der Waals surface area contributed by atoms with E-state index in [-0.39, 0.29) is 0 Å². The van der Waals surface area contributed by atoms with Gasteiger partial charge in [-0.3, -0.25) is 0 Å². The van der Waals surface area contributed by atoms with Crippen molar-refractivity contribution in [1.82, 2.24) is 0 Å². The van der Waals surface area contributed by atoms with E-state index >= 15 is 0 Å². The van der Waals surface area contributed by atoms with Crippen molar-refractivity contribution in [2.24, 2.45) is 0 Å². The third-order valence-electron chi connectivity index (χ3n) is 1.90. The van der Waals surface area contributed by atoms with E-state index in [1.54, 1.807) is 6.26 Å². The Labute approximate surface area is 91.5 Å². The molecule has 15 heavy (non-hydrogen) atoms. The van der Waals surface area contributed by atoms with Gasteiger partial charge in [-0.2, -0.15) is 0 Å². The van der Waals surface area contributed by atoms with E-state index in [1.807, 2.05) is 31.2 Å². The molecule has 0 aliphatic heterocycles. The van der Waals surface area contributed by atoms with Crippen LogP contribution in [0.4, 0.5) is 0 Å². The topological polar surface area (TPSA) is 18.5 Å². The first-order valence-electron chi connectivity index (χ1n) is 5.31. The van der Waals surface area contributed by atoms with Gasteiger partial charge in [0.2, 0.25) is 0 Å². The summed E-state index contributed by atoms with van der Waals surface area (Å²) < 4.78 is 10.6. The molecule has 82 valence electrons. The van der Waals surface area contributed by atoms with Gasteiger partial charge in [-0.1, -0.05) is 30.3 Å². The van der Waals surface area contributed by atoms with E-state index in [0.29, 0.717) is 6.61 Å². The van der Waals surface area contributed by atoms with Gasteiger partial charge in [0.05, 0.1) is 26.1 Å². The minimum Gasteiger partial charge on any atom is -0.502 e. The van der Waals surface area contributed by atoms with Gasteiger partial charge in [-0.15, -0.1) is 0 Å². The van der Waals surface area contributed by atoms with Crippen LogP contribution in [-0.2, 0) is 16.1 Å². The highest BCUT2D eigenvalue weighted by molar-refractivity contribution is 5.13. The van der Waals surface area contributed by atoms with Crippen LogP contribution < -0.4 is 0 Å². The molecule has 0 N–H and O–H groups in total. The second kappa shape index (κ2) is 8.06. The van der Waals surface area contributed by atoms with E-state index in [0.717, 1.165) is 19.6 Å². The Morgan fingerprint density at radius 2 is 2.00 bits per heavy atom. The molecule has 0 atom stereocenters. The third-order valence-corrected chi connectivity index (χ3v) is 1.90. The van der Waals surface area contributed by atoms with Gasteiger partial charge in [0.15, 0.2) is 0 Å². The molecule has 0 aliphatic carbocycles. The van der Waals surface area contributed by atoms with Crippen LogP contribution in [0.2, 0.25) is 0 Å². The van der Waals surface area contributed by atoms with Gasteiger partial charge in [0.25, 0.3) is 0 Å². The van der Waals surface area contributed by atoms with Gasteiger partial charge in [0.1, 0.15) is 0 Å². The molecule has 0 saturated carbocycles. The van der Waals surface area contributed by atoms with Crippen LogP contribution in [0.3, 0.4) is 0 Å². The Morgan fingerprint density at radius 1 is 1.20 bits per heavy atom. The van der Waals surface area contributed by atoms with Crippen LogP contribution in [0, 0.1) is 0 Å². The van der Waals surface area contributed by atoms with Crippen molar-refractivity contribution in [2.45, 2.75) is 20.0 Å². The summed E-state index contributed by atoms with van der Waals surface area (Å²) in [6.07, 6.45) is 4.60. The van der Waals surface area contributed by atoms with Gasteiger partial charge in [0, 0.05) is 0 Å². The Hall–Kier alpha value is -1.28. The molecule has 0 saturated heterocycles. The molecule has 0 heterocycles. The lowest BCUT2D eigenvalue weighted by Gasteiger charge is -2.01. The zero-order chi connectivity index (χ0) is 10.8. The van der Waals surface area contributed by atoms with Crippen molar-refractivity contribution in [3.8, 4) is 0 Å². The minimum atomic E-state index is 0.684. The quantitative estimate of drug-likeness (QED) is 0.504. The first-order valence-corrected chi connectivity index (χ1v) is 5.31. The average Bonchev–Trinajstić information content (AvgIpc) is 2.29. The largest absolute Gasteiger partial charge is 0.502 e. The molecule has 0 unspecified atom stereocenters. The Balaban J connectivity index is 2.02. The Morgan fingerprint density at radius 3 is 2.73 bits per heavy atom. The second-order valence-corrected chi connectivity index (χ2v) is 3.15. The molecule has 2 heteroatoms. The normalized spacial score (nSPS) is 10.7. The number of rotatable bonds is 7. The molecule has 0 amide bonds. The summed E-state index contributed by atoms with van der Waals surface area (Å²) in [5.74, 6) is 0. The van der Waals surface area contributed by atoms with Crippen LogP contribution in [0.5, 0.6) is 0 Å². The van der Waals surface area contributed by atoms with Gasteiger partial charge in [-0.25, -0.2) is 0 Å². The van der Waals surface area contributed by atoms with Crippen LogP contribution in [0.15, 0.2) is 42.7 Å². The third kappa shape index (κ3) is 5.92. The SMILES string of the molecule is CCOC=CCCOCc1ccccc1. The van der Waals surface area contributed by atoms with Gasteiger partial charge >= 0.3 is 0 Å². The second-order valence-electron chi connectivity index (χ2n) is 3.15. The maximum Gasteiger partial charge on any atom is 0.0845 e. The molecular formula is C13H18O2. The zero-order valence-corrected chi connectivity index (χ0v) is 9.19. The number of benzene rings is 1. The summed E-state index contributed by atoms with van der Waals surface area (Å²) in [6.45, 7) is 4.11. The van der Waals surface area contributed by atoms with Gasteiger partial charge in [-0.05, 0) is 25.0 Å². The number of hydrogen-bond acceptors (Lipinski definition) is 2. The standard InChI is InChI=1S/C13H18O2/c1-2-14-10-6-7-11-15-12-13-8-4-3-5-9-13/h3-6,8-10H,2,7,11-12H2,1H3. The summed E-state index contributed by atoms with van der Waals surface area (Å²) in [5.41, 5.74) is 1.21. The Kier molecular flexibility index (Phi) is 6.34. The van der Waals surface area contributed by atoms with Crippen molar-refractivity contribution >= 4 is 0 Å². The van der Waals surface area contributed by atoms with Crippen LogP contribution in [0.1, 0.15) is 18.9 Å². The highest BCUT2D eigenvalue weighted by atomic mass is 16.5. The van der Waals surface area contributed by atoms with Crippen molar-refractivity contribution in [3.05, 3.63) is 48.2 Å². The molecule has 0 spiro atoms. The molecule has 0 aromatic heterocycles. The van der Waals surface area contributed by atoms with Gasteiger partial charge < -0.3 is 9.47 Å². The lowest BCUT2D eigenvalue weighted by Crippen LogP contribution is -1.93. The first-order chi connectivity index (χ1) is 7.43. The smallest absolute Gasteiger partial charge is 0.0845 e. The molecule has 0 radical (unpaired) electrons. The molecular weight excluding hydrogens is 188 g/mol.